The van der Waals surface area contributed by atoms with Gasteiger partial charge in [0.1, 0.15) is 0 Å². The molecule has 0 radical (unpaired) electrons. The van der Waals surface area contributed by atoms with Gasteiger partial charge in [-0.25, -0.2) is 0 Å². The van der Waals surface area contributed by atoms with Crippen LogP contribution in [0.1, 0.15) is 60.9 Å². The van der Waals surface area contributed by atoms with Gasteiger partial charge in [-0.1, -0.05) is 24.6 Å². The first kappa shape index (κ1) is 25.9. The molecule has 2 heterocycles. The Morgan fingerprint density at radius 3 is 2.16 bits per heavy atom. The lowest BCUT2D eigenvalue weighted by molar-refractivity contribution is -0.141. The number of rotatable bonds is 7. The van der Waals surface area contributed by atoms with Crippen molar-refractivity contribution in [3.63, 3.8) is 0 Å². The fourth-order valence-corrected chi connectivity index (χ4v) is 5.48. The van der Waals surface area contributed by atoms with Crippen molar-refractivity contribution in [1.82, 2.24) is 9.80 Å². The Kier molecular flexibility index (Phi) is 8.05. The fraction of sp³-hybridized carbons (Fsp3) is 0.467. The lowest BCUT2D eigenvalue weighted by atomic mass is 9.83. The molecule has 0 aromatic heterocycles. The Bertz CT molecular complexity index is 1180. The fourth-order valence-electron chi connectivity index (χ4n) is 5.48. The number of nitrogens with zero attached hydrogens (tertiary/aromatic N) is 2. The van der Waals surface area contributed by atoms with Gasteiger partial charge in [0.2, 0.25) is 17.7 Å². The molecule has 200 valence electrons. The first-order chi connectivity index (χ1) is 18.5. The number of hydrogen-bond acceptors (Lipinski definition) is 4. The molecular weight excluding hydrogens is 480 g/mol. The van der Waals surface area contributed by atoms with E-state index in [4.69, 9.17) is 0 Å². The first-order valence-electron chi connectivity index (χ1n) is 13.8. The van der Waals surface area contributed by atoms with Crippen LogP contribution in [0.3, 0.4) is 0 Å². The van der Waals surface area contributed by atoms with Crippen LogP contribution >= 0.6 is 0 Å². The van der Waals surface area contributed by atoms with Gasteiger partial charge in [0.15, 0.2) is 0 Å². The van der Waals surface area contributed by atoms with Crippen molar-refractivity contribution in [3.05, 3.63) is 59.7 Å². The molecule has 2 aromatic carbocycles. The van der Waals surface area contributed by atoms with Crippen LogP contribution in [-0.4, -0.2) is 59.6 Å². The SMILES string of the molecule is O=C(Cc1ccc(NC(=O)C2CCCN(C(=O)C3CCC3)C2)cc1)Nc1cccc(C(=O)N2CCCC2)c1. The summed E-state index contributed by atoms with van der Waals surface area (Å²) in [6, 6.07) is 14.3. The quantitative estimate of drug-likeness (QED) is 0.579. The highest BCUT2D eigenvalue weighted by atomic mass is 16.2. The third-order valence-electron chi connectivity index (χ3n) is 7.93. The highest BCUT2D eigenvalue weighted by molar-refractivity contribution is 5.98. The minimum Gasteiger partial charge on any atom is -0.342 e. The van der Waals surface area contributed by atoms with Crippen molar-refractivity contribution in [2.75, 3.05) is 36.8 Å². The molecular formula is C30H36N4O4. The number of hydrogen-bond donors (Lipinski definition) is 2. The van der Waals surface area contributed by atoms with Gasteiger partial charge in [0.05, 0.1) is 12.3 Å². The largest absolute Gasteiger partial charge is 0.342 e. The summed E-state index contributed by atoms with van der Waals surface area (Å²) in [4.78, 5) is 54.5. The van der Waals surface area contributed by atoms with Gasteiger partial charge in [-0.05, 0) is 74.4 Å². The molecule has 3 fully saturated rings. The van der Waals surface area contributed by atoms with E-state index in [0.717, 1.165) is 70.1 Å². The molecule has 0 bridgehead atoms. The van der Waals surface area contributed by atoms with E-state index in [1.807, 2.05) is 21.9 Å². The van der Waals surface area contributed by atoms with E-state index in [1.165, 1.54) is 0 Å². The van der Waals surface area contributed by atoms with Crippen LogP contribution in [0, 0.1) is 11.8 Å². The van der Waals surface area contributed by atoms with Gasteiger partial charge < -0.3 is 20.4 Å². The number of piperidine rings is 1. The van der Waals surface area contributed by atoms with Crippen molar-refractivity contribution in [2.24, 2.45) is 11.8 Å². The number of amides is 4. The first-order valence-corrected chi connectivity index (χ1v) is 13.8. The van der Waals surface area contributed by atoms with Crippen molar-refractivity contribution < 1.29 is 19.2 Å². The summed E-state index contributed by atoms with van der Waals surface area (Å²) >= 11 is 0. The molecule has 3 aliphatic rings. The van der Waals surface area contributed by atoms with Gasteiger partial charge in [-0.2, -0.15) is 0 Å². The highest BCUT2D eigenvalue weighted by Crippen LogP contribution is 2.30. The number of benzene rings is 2. The summed E-state index contributed by atoms with van der Waals surface area (Å²) in [7, 11) is 0. The minimum atomic E-state index is -0.202. The average Bonchev–Trinajstić information content (AvgIpc) is 3.44. The standard InChI is InChI=1S/C30H36N4O4/c35-27(31-26-10-4-8-23(19-26)30(38)33-15-1-2-16-33)18-21-11-13-25(14-12-21)32-28(36)24-9-5-17-34(20-24)29(37)22-6-3-7-22/h4,8,10-14,19,22,24H,1-3,5-7,9,15-18,20H2,(H,31,35)(H,32,36). The van der Waals surface area contributed by atoms with E-state index in [0.29, 0.717) is 23.5 Å². The summed E-state index contributed by atoms with van der Waals surface area (Å²) in [5, 5.41) is 5.86. The smallest absolute Gasteiger partial charge is 0.253 e. The second-order valence-corrected chi connectivity index (χ2v) is 10.7. The summed E-state index contributed by atoms with van der Waals surface area (Å²) in [5.74, 6) is -0.0753. The Hall–Kier alpha value is -3.68. The van der Waals surface area contributed by atoms with E-state index in [9.17, 15) is 19.2 Å². The zero-order valence-electron chi connectivity index (χ0n) is 21.8. The molecule has 2 saturated heterocycles. The van der Waals surface area contributed by atoms with Crippen LogP contribution in [0.5, 0.6) is 0 Å². The van der Waals surface area contributed by atoms with Crippen molar-refractivity contribution in [3.8, 4) is 0 Å². The Labute approximate surface area is 223 Å². The summed E-state index contributed by atoms with van der Waals surface area (Å²) in [6.45, 7) is 2.80. The maximum absolute atomic E-state index is 12.9. The monoisotopic (exact) mass is 516 g/mol. The minimum absolute atomic E-state index is 0.00197. The lowest BCUT2D eigenvalue weighted by Gasteiger charge is -2.36. The number of carbonyl (C=O) groups excluding carboxylic acids is 4. The molecule has 4 amide bonds. The Balaban J connectivity index is 1.11. The van der Waals surface area contributed by atoms with Crippen molar-refractivity contribution in [1.29, 1.82) is 0 Å². The zero-order chi connectivity index (χ0) is 26.5. The molecule has 2 N–H and O–H groups in total. The third kappa shape index (κ3) is 6.23. The van der Waals surface area contributed by atoms with E-state index in [1.54, 1.807) is 36.4 Å². The van der Waals surface area contributed by atoms with Crippen LogP contribution in [0.15, 0.2) is 48.5 Å². The zero-order valence-corrected chi connectivity index (χ0v) is 21.8. The second kappa shape index (κ2) is 11.8. The molecule has 0 spiro atoms. The van der Waals surface area contributed by atoms with Crippen LogP contribution in [-0.2, 0) is 20.8 Å². The van der Waals surface area contributed by atoms with Crippen LogP contribution in [0.2, 0.25) is 0 Å². The average molecular weight is 517 g/mol. The van der Waals surface area contributed by atoms with Crippen LogP contribution < -0.4 is 10.6 Å². The third-order valence-corrected chi connectivity index (χ3v) is 7.93. The molecule has 1 aliphatic carbocycles. The van der Waals surface area contributed by atoms with Gasteiger partial charge in [-0.15, -0.1) is 0 Å². The Morgan fingerprint density at radius 2 is 1.45 bits per heavy atom. The predicted octanol–water partition coefficient (Wildman–Crippen LogP) is 4.08. The van der Waals surface area contributed by atoms with Gasteiger partial charge in [-0.3, -0.25) is 19.2 Å². The van der Waals surface area contributed by atoms with Crippen molar-refractivity contribution >= 4 is 35.0 Å². The molecule has 38 heavy (non-hydrogen) atoms. The topological polar surface area (TPSA) is 98.8 Å². The molecule has 8 heteroatoms. The molecule has 1 atom stereocenters. The number of nitrogens with one attached hydrogen (secondary N) is 2. The molecule has 2 aromatic rings. The maximum atomic E-state index is 12.9. The molecule has 5 rings (SSSR count). The molecule has 1 saturated carbocycles. The molecule has 1 unspecified atom stereocenters. The summed E-state index contributed by atoms with van der Waals surface area (Å²) < 4.78 is 0. The molecule has 2 aliphatic heterocycles. The normalized spacial score (nSPS) is 19.5. The van der Waals surface area contributed by atoms with Gasteiger partial charge in [0.25, 0.3) is 5.91 Å². The van der Waals surface area contributed by atoms with E-state index in [-0.39, 0.29) is 41.9 Å². The highest BCUT2D eigenvalue weighted by Gasteiger charge is 2.34. The summed E-state index contributed by atoms with van der Waals surface area (Å²) in [5.41, 5.74) is 2.67. The van der Waals surface area contributed by atoms with Crippen LogP contribution in [0.25, 0.3) is 0 Å². The van der Waals surface area contributed by atoms with Gasteiger partial charge in [0, 0.05) is 49.0 Å². The summed E-state index contributed by atoms with van der Waals surface area (Å²) in [6.07, 6.45) is 6.95. The number of anilines is 2. The van der Waals surface area contributed by atoms with Gasteiger partial charge >= 0.3 is 0 Å². The maximum Gasteiger partial charge on any atom is 0.253 e. The van der Waals surface area contributed by atoms with E-state index in [2.05, 4.69) is 10.6 Å². The van der Waals surface area contributed by atoms with E-state index >= 15 is 0 Å². The number of carbonyl (C=O) groups is 4. The van der Waals surface area contributed by atoms with Crippen molar-refractivity contribution in [2.45, 2.75) is 51.4 Å². The lowest BCUT2D eigenvalue weighted by Crippen LogP contribution is -2.47. The predicted molar refractivity (Wildman–Crippen MR) is 146 cm³/mol. The Morgan fingerprint density at radius 1 is 0.737 bits per heavy atom. The molecule has 8 nitrogen and oxygen atoms in total. The second-order valence-electron chi connectivity index (χ2n) is 10.7. The van der Waals surface area contributed by atoms with Crippen LogP contribution in [0.4, 0.5) is 11.4 Å². The van der Waals surface area contributed by atoms with E-state index < -0.39 is 0 Å². The number of likely N-dealkylation sites (tertiary alicyclic amines) is 2.